The van der Waals surface area contributed by atoms with Crippen molar-refractivity contribution in [1.82, 2.24) is 14.1 Å². The lowest BCUT2D eigenvalue weighted by Crippen LogP contribution is -2.10. The fourth-order valence-electron chi connectivity index (χ4n) is 4.23. The van der Waals surface area contributed by atoms with Gasteiger partial charge in [0.1, 0.15) is 11.3 Å². The van der Waals surface area contributed by atoms with Gasteiger partial charge in [-0.3, -0.25) is 4.72 Å². The van der Waals surface area contributed by atoms with Gasteiger partial charge in [-0.1, -0.05) is 12.1 Å². The zero-order valence-electron chi connectivity index (χ0n) is 17.9. The second-order valence-corrected chi connectivity index (χ2v) is 9.83. The van der Waals surface area contributed by atoms with Crippen molar-refractivity contribution in [3.05, 3.63) is 78.5 Å². The van der Waals surface area contributed by atoms with Gasteiger partial charge in [0.05, 0.1) is 17.5 Å². The molecule has 0 atom stereocenters. The Morgan fingerprint density at radius 3 is 2.58 bits per heavy atom. The van der Waals surface area contributed by atoms with Crippen molar-refractivity contribution in [1.29, 1.82) is 0 Å². The number of hydrogen-bond acceptors (Lipinski definition) is 4. The smallest absolute Gasteiger partial charge is 0.236 e. The van der Waals surface area contributed by atoms with Crippen LogP contribution in [0.15, 0.2) is 67.1 Å². The minimum Gasteiger partial charge on any atom is -0.492 e. The molecule has 0 fully saturated rings. The van der Waals surface area contributed by atoms with Gasteiger partial charge in [-0.15, -0.1) is 0 Å². The van der Waals surface area contributed by atoms with Crippen LogP contribution in [-0.4, -0.2) is 33.9 Å². The number of anilines is 1. The van der Waals surface area contributed by atoms with Crippen LogP contribution in [0.2, 0.25) is 0 Å². The van der Waals surface area contributed by atoms with E-state index < -0.39 is 10.0 Å². The van der Waals surface area contributed by atoms with Gasteiger partial charge in [-0.05, 0) is 47.5 Å². The van der Waals surface area contributed by atoms with Crippen molar-refractivity contribution in [2.75, 3.05) is 11.0 Å². The number of aryl methyl sites for hydroxylation is 1. The van der Waals surface area contributed by atoms with Crippen molar-refractivity contribution in [3.63, 3.8) is 0 Å². The summed E-state index contributed by atoms with van der Waals surface area (Å²) in [7, 11) is -1.70. The first-order chi connectivity index (χ1) is 15.7. The third kappa shape index (κ3) is 3.91. The summed E-state index contributed by atoms with van der Waals surface area (Å²) in [5, 5.41) is 11.8. The molecule has 5 rings (SSSR count). The molecule has 0 bridgehead atoms. The van der Waals surface area contributed by atoms with Crippen molar-refractivity contribution < 1.29 is 17.9 Å². The average molecular weight is 465 g/mol. The lowest BCUT2D eigenvalue weighted by molar-refractivity contribution is 0.457. The Labute approximate surface area is 189 Å². The summed E-state index contributed by atoms with van der Waals surface area (Å²) in [4.78, 5) is 3.96. The summed E-state index contributed by atoms with van der Waals surface area (Å²) in [6.45, 7) is 0.492. The number of aromatic nitrogens is 3. The Kier molecular flexibility index (Phi) is 4.86. The fraction of sp³-hybridized carbons (Fsp3) is 0.125. The summed E-state index contributed by atoms with van der Waals surface area (Å²) in [6, 6.07) is 13.7. The molecule has 33 heavy (non-hydrogen) atoms. The first-order valence-corrected chi connectivity index (χ1v) is 12.1. The highest BCUT2D eigenvalue weighted by molar-refractivity contribution is 7.92. The molecule has 0 radical (unpaired) electrons. The number of benzene rings is 2. The average Bonchev–Trinajstić information content (AvgIpc) is 3.31. The van der Waals surface area contributed by atoms with E-state index in [4.69, 9.17) is 0 Å². The number of nitrogens with one attached hydrogen (secondary N) is 1. The van der Waals surface area contributed by atoms with Crippen molar-refractivity contribution in [2.45, 2.75) is 6.54 Å². The van der Waals surface area contributed by atoms with Crippen LogP contribution >= 0.6 is 0 Å². The van der Waals surface area contributed by atoms with Gasteiger partial charge >= 0.3 is 0 Å². The first-order valence-electron chi connectivity index (χ1n) is 10.2. The summed E-state index contributed by atoms with van der Waals surface area (Å²) in [6.07, 6.45) is 6.41. The lowest BCUT2D eigenvalue weighted by atomic mass is 10.0. The Bertz CT molecular complexity index is 1620. The largest absolute Gasteiger partial charge is 0.492 e. The molecule has 0 saturated carbocycles. The third-order valence-corrected chi connectivity index (χ3v) is 6.22. The molecule has 168 valence electrons. The van der Waals surface area contributed by atoms with Gasteiger partial charge in [0.15, 0.2) is 0 Å². The van der Waals surface area contributed by atoms with Crippen LogP contribution < -0.4 is 4.72 Å². The zero-order valence-corrected chi connectivity index (χ0v) is 18.8. The standard InChI is InChI=1S/C24H21FN4O3S/c1-28-14-20(18-7-9-26-24(30)23(18)28)16-11-21(27-33(2,31)32)19-8-10-29(22(19)12-16)13-15-3-5-17(25)6-4-15/h3-12,14,27H,13H2,1-2H3,(H,26,30). The SMILES string of the molecule is Cn1cc(-c2cc(NS(C)(=O)=O)c3ccn(Cc4ccc(F)cc4)c3c2)c2ccnc(O)c21. The Balaban J connectivity index is 1.73. The fourth-order valence-corrected chi connectivity index (χ4v) is 4.79. The van der Waals surface area contributed by atoms with E-state index in [9.17, 15) is 17.9 Å². The molecule has 0 saturated heterocycles. The number of hydrogen-bond donors (Lipinski definition) is 2. The molecule has 0 unspecified atom stereocenters. The minimum atomic E-state index is -3.52. The number of halogens is 1. The van der Waals surface area contributed by atoms with Crippen LogP contribution in [-0.2, 0) is 23.6 Å². The van der Waals surface area contributed by atoms with E-state index in [-0.39, 0.29) is 11.7 Å². The maximum absolute atomic E-state index is 13.3. The molecule has 9 heteroatoms. The van der Waals surface area contributed by atoms with Gasteiger partial charge in [-0.25, -0.2) is 17.8 Å². The molecule has 5 aromatic rings. The van der Waals surface area contributed by atoms with Gasteiger partial charge in [0, 0.05) is 48.5 Å². The van der Waals surface area contributed by atoms with Crippen LogP contribution in [0.5, 0.6) is 5.88 Å². The molecular weight excluding hydrogens is 443 g/mol. The maximum Gasteiger partial charge on any atom is 0.236 e. The molecule has 3 heterocycles. The number of sulfonamides is 1. The Morgan fingerprint density at radius 1 is 1.09 bits per heavy atom. The van der Waals surface area contributed by atoms with Crippen LogP contribution in [0.1, 0.15) is 5.56 Å². The first kappa shape index (κ1) is 21.0. The zero-order chi connectivity index (χ0) is 23.3. The number of pyridine rings is 1. The molecule has 0 aliphatic heterocycles. The van der Waals surface area contributed by atoms with Gasteiger partial charge < -0.3 is 14.2 Å². The number of nitrogens with zero attached hydrogens (tertiary/aromatic N) is 3. The predicted octanol–water partition coefficient (Wildman–Crippen LogP) is 4.46. The topological polar surface area (TPSA) is 89.2 Å². The van der Waals surface area contributed by atoms with Crippen molar-refractivity contribution >= 4 is 37.5 Å². The van der Waals surface area contributed by atoms with E-state index >= 15 is 0 Å². The van der Waals surface area contributed by atoms with Crippen LogP contribution in [0.4, 0.5) is 10.1 Å². The second kappa shape index (κ2) is 7.63. The second-order valence-electron chi connectivity index (χ2n) is 8.09. The monoisotopic (exact) mass is 464 g/mol. The van der Waals surface area contributed by atoms with E-state index in [2.05, 4.69) is 9.71 Å². The van der Waals surface area contributed by atoms with E-state index in [1.54, 1.807) is 22.8 Å². The minimum absolute atomic E-state index is 0.0727. The third-order valence-electron chi connectivity index (χ3n) is 5.63. The number of fused-ring (bicyclic) bond motifs is 2. The molecule has 3 aromatic heterocycles. The summed E-state index contributed by atoms with van der Waals surface area (Å²) in [5.74, 6) is -0.372. The molecular formula is C24H21FN4O3S. The normalized spacial score (nSPS) is 12.0. The summed E-state index contributed by atoms with van der Waals surface area (Å²) in [5.41, 5.74) is 4.39. The quantitative estimate of drug-likeness (QED) is 0.402. The lowest BCUT2D eigenvalue weighted by Gasteiger charge is -2.12. The highest BCUT2D eigenvalue weighted by Gasteiger charge is 2.17. The van der Waals surface area contributed by atoms with Gasteiger partial charge in [0.25, 0.3) is 0 Å². The molecule has 7 nitrogen and oxygen atoms in total. The number of rotatable bonds is 5. The summed E-state index contributed by atoms with van der Waals surface area (Å²) >= 11 is 0. The van der Waals surface area contributed by atoms with E-state index in [0.717, 1.165) is 39.2 Å². The van der Waals surface area contributed by atoms with Crippen molar-refractivity contribution in [2.24, 2.45) is 7.05 Å². The van der Waals surface area contributed by atoms with Crippen molar-refractivity contribution in [3.8, 4) is 17.0 Å². The van der Waals surface area contributed by atoms with E-state index in [0.29, 0.717) is 17.7 Å². The van der Waals surface area contributed by atoms with Gasteiger partial charge in [0.2, 0.25) is 15.9 Å². The molecule has 2 aromatic carbocycles. The van der Waals surface area contributed by atoms with Gasteiger partial charge in [-0.2, -0.15) is 0 Å². The predicted molar refractivity (Wildman–Crippen MR) is 127 cm³/mol. The Morgan fingerprint density at radius 2 is 1.85 bits per heavy atom. The Hall–Kier alpha value is -3.85. The van der Waals surface area contributed by atoms with E-state index in [1.165, 1.54) is 18.3 Å². The highest BCUT2D eigenvalue weighted by Crippen LogP contribution is 2.38. The molecule has 0 amide bonds. The summed E-state index contributed by atoms with van der Waals surface area (Å²) < 4.78 is 43.9. The molecule has 0 aliphatic rings. The molecule has 0 spiro atoms. The maximum atomic E-state index is 13.3. The van der Waals surface area contributed by atoms with Crippen LogP contribution in [0.3, 0.4) is 0 Å². The highest BCUT2D eigenvalue weighted by atomic mass is 32.2. The van der Waals surface area contributed by atoms with E-state index in [1.807, 2.05) is 42.2 Å². The molecule has 2 N–H and O–H groups in total. The number of aromatic hydroxyl groups is 1. The van der Waals surface area contributed by atoms with Crippen LogP contribution in [0.25, 0.3) is 32.9 Å². The van der Waals surface area contributed by atoms with Crippen LogP contribution in [0, 0.1) is 5.82 Å². The molecule has 0 aliphatic carbocycles.